The number of carbonyl (C=O) groups excluding carboxylic acids is 1. The van der Waals surface area contributed by atoms with Crippen LogP contribution < -0.4 is 11.1 Å². The number of thiophene rings is 1. The minimum atomic E-state index is -0.123. The van der Waals surface area contributed by atoms with Crippen LogP contribution in [0.4, 0.5) is 11.4 Å². The number of nitrogens with two attached hydrogens (primary N) is 1. The summed E-state index contributed by atoms with van der Waals surface area (Å²) >= 11 is 1.57. The Balaban J connectivity index is 1.95. The molecule has 0 aliphatic carbocycles. The molecule has 21 heavy (non-hydrogen) atoms. The fraction of sp³-hybridized carbons (Fsp3) is 0.118. The van der Waals surface area contributed by atoms with Gasteiger partial charge in [-0.05, 0) is 43.2 Å². The first kappa shape index (κ1) is 13.6. The van der Waals surface area contributed by atoms with Crippen LogP contribution in [-0.2, 0) is 0 Å². The minimum Gasteiger partial charge on any atom is -0.397 e. The van der Waals surface area contributed by atoms with Crippen molar-refractivity contribution in [3.8, 4) is 0 Å². The van der Waals surface area contributed by atoms with E-state index in [2.05, 4.69) is 5.32 Å². The number of hydrogen-bond donors (Lipinski definition) is 2. The molecule has 0 bridgehead atoms. The van der Waals surface area contributed by atoms with Gasteiger partial charge in [-0.1, -0.05) is 18.2 Å². The summed E-state index contributed by atoms with van der Waals surface area (Å²) in [5, 5.41) is 5.78. The summed E-state index contributed by atoms with van der Waals surface area (Å²) in [4.78, 5) is 12.5. The Morgan fingerprint density at radius 1 is 1.14 bits per heavy atom. The summed E-state index contributed by atoms with van der Waals surface area (Å²) in [6, 6.07) is 11.7. The maximum Gasteiger partial charge on any atom is 0.257 e. The second-order valence-corrected chi connectivity index (χ2v) is 6.03. The molecule has 106 valence electrons. The standard InChI is InChI=1S/C17H16N2OS/c1-10-7-14(18)15(8-11(10)2)19-17(20)13-9-21-16-6-4-3-5-12(13)16/h3-9H,18H2,1-2H3,(H,19,20). The van der Waals surface area contributed by atoms with Gasteiger partial charge in [-0.15, -0.1) is 11.3 Å². The highest BCUT2D eigenvalue weighted by Crippen LogP contribution is 2.28. The lowest BCUT2D eigenvalue weighted by Crippen LogP contribution is -2.13. The molecule has 1 heterocycles. The third-order valence-corrected chi connectivity index (χ3v) is 4.60. The molecule has 4 heteroatoms. The average molecular weight is 296 g/mol. The highest BCUT2D eigenvalue weighted by atomic mass is 32.1. The fourth-order valence-corrected chi connectivity index (χ4v) is 3.23. The van der Waals surface area contributed by atoms with E-state index in [0.717, 1.165) is 21.2 Å². The number of amides is 1. The van der Waals surface area contributed by atoms with Gasteiger partial charge in [-0.2, -0.15) is 0 Å². The molecule has 0 radical (unpaired) electrons. The van der Waals surface area contributed by atoms with E-state index in [4.69, 9.17) is 5.73 Å². The Kier molecular flexibility index (Phi) is 3.39. The molecular weight excluding hydrogens is 280 g/mol. The summed E-state index contributed by atoms with van der Waals surface area (Å²) in [6.45, 7) is 4.01. The van der Waals surface area contributed by atoms with Gasteiger partial charge >= 0.3 is 0 Å². The van der Waals surface area contributed by atoms with E-state index in [0.29, 0.717) is 16.9 Å². The van der Waals surface area contributed by atoms with E-state index in [1.54, 1.807) is 11.3 Å². The Labute approximate surface area is 127 Å². The Morgan fingerprint density at radius 2 is 1.86 bits per heavy atom. The van der Waals surface area contributed by atoms with Gasteiger partial charge in [0.1, 0.15) is 0 Å². The molecule has 0 unspecified atom stereocenters. The highest BCUT2D eigenvalue weighted by molar-refractivity contribution is 7.17. The van der Waals surface area contributed by atoms with Crippen molar-refractivity contribution < 1.29 is 4.79 Å². The van der Waals surface area contributed by atoms with Crippen molar-refractivity contribution in [2.24, 2.45) is 0 Å². The number of aryl methyl sites for hydroxylation is 2. The van der Waals surface area contributed by atoms with Crippen LogP contribution in [0.1, 0.15) is 21.5 Å². The van der Waals surface area contributed by atoms with Crippen molar-refractivity contribution in [3.05, 3.63) is 58.5 Å². The molecule has 1 amide bonds. The quantitative estimate of drug-likeness (QED) is 0.691. The van der Waals surface area contributed by atoms with E-state index in [-0.39, 0.29) is 5.91 Å². The first-order valence-corrected chi connectivity index (χ1v) is 7.58. The van der Waals surface area contributed by atoms with Gasteiger partial charge in [0.25, 0.3) is 5.91 Å². The Bertz CT molecular complexity index is 836. The monoisotopic (exact) mass is 296 g/mol. The van der Waals surface area contributed by atoms with Crippen LogP contribution in [0.3, 0.4) is 0 Å². The lowest BCUT2D eigenvalue weighted by atomic mass is 10.1. The van der Waals surface area contributed by atoms with Gasteiger partial charge in [0.05, 0.1) is 16.9 Å². The van der Waals surface area contributed by atoms with E-state index in [1.165, 1.54) is 0 Å². The van der Waals surface area contributed by atoms with Crippen LogP contribution in [0.5, 0.6) is 0 Å². The van der Waals surface area contributed by atoms with Crippen LogP contribution in [-0.4, -0.2) is 5.91 Å². The van der Waals surface area contributed by atoms with E-state index < -0.39 is 0 Å². The number of hydrogen-bond acceptors (Lipinski definition) is 3. The number of carbonyl (C=O) groups is 1. The van der Waals surface area contributed by atoms with Crippen molar-refractivity contribution in [2.75, 3.05) is 11.1 Å². The molecule has 0 saturated carbocycles. The first-order chi connectivity index (χ1) is 10.1. The van der Waals surface area contributed by atoms with Crippen LogP contribution in [0.15, 0.2) is 41.8 Å². The van der Waals surface area contributed by atoms with Crippen molar-refractivity contribution in [3.63, 3.8) is 0 Å². The molecule has 0 saturated heterocycles. The molecule has 3 rings (SSSR count). The zero-order valence-corrected chi connectivity index (χ0v) is 12.8. The number of benzene rings is 2. The maximum atomic E-state index is 12.5. The summed E-state index contributed by atoms with van der Waals surface area (Å²) in [6.07, 6.45) is 0. The summed E-state index contributed by atoms with van der Waals surface area (Å²) in [5.41, 5.74) is 10.2. The summed E-state index contributed by atoms with van der Waals surface area (Å²) in [5.74, 6) is -0.123. The lowest BCUT2D eigenvalue weighted by molar-refractivity contribution is 0.102. The zero-order valence-electron chi connectivity index (χ0n) is 11.9. The molecule has 1 aromatic heterocycles. The summed E-state index contributed by atoms with van der Waals surface area (Å²) < 4.78 is 1.11. The molecule has 0 atom stereocenters. The molecule has 0 aliphatic rings. The predicted molar refractivity (Wildman–Crippen MR) is 90.1 cm³/mol. The first-order valence-electron chi connectivity index (χ1n) is 6.70. The number of fused-ring (bicyclic) bond motifs is 1. The van der Waals surface area contributed by atoms with Crippen LogP contribution in [0.2, 0.25) is 0 Å². The van der Waals surface area contributed by atoms with Crippen LogP contribution in [0, 0.1) is 13.8 Å². The predicted octanol–water partition coefficient (Wildman–Crippen LogP) is 4.35. The average Bonchev–Trinajstić information content (AvgIpc) is 2.88. The second-order valence-electron chi connectivity index (χ2n) is 5.12. The smallest absolute Gasteiger partial charge is 0.257 e. The van der Waals surface area contributed by atoms with Crippen molar-refractivity contribution in [1.82, 2.24) is 0 Å². The van der Waals surface area contributed by atoms with Crippen molar-refractivity contribution in [1.29, 1.82) is 0 Å². The molecule has 0 aliphatic heterocycles. The normalized spacial score (nSPS) is 10.8. The fourth-order valence-electron chi connectivity index (χ4n) is 2.29. The highest BCUT2D eigenvalue weighted by Gasteiger charge is 2.13. The van der Waals surface area contributed by atoms with Crippen molar-refractivity contribution >= 4 is 38.7 Å². The van der Waals surface area contributed by atoms with Gasteiger partial charge in [-0.3, -0.25) is 4.79 Å². The Hall–Kier alpha value is -2.33. The number of nitrogen functional groups attached to an aromatic ring is 1. The second kappa shape index (κ2) is 5.22. The molecule has 3 N–H and O–H groups in total. The van der Waals surface area contributed by atoms with Crippen LogP contribution in [0.25, 0.3) is 10.1 Å². The van der Waals surface area contributed by atoms with Crippen molar-refractivity contribution in [2.45, 2.75) is 13.8 Å². The molecule has 2 aromatic carbocycles. The van der Waals surface area contributed by atoms with Gasteiger partial charge in [0.2, 0.25) is 0 Å². The third kappa shape index (κ3) is 2.50. The van der Waals surface area contributed by atoms with Gasteiger partial charge < -0.3 is 11.1 Å². The summed E-state index contributed by atoms with van der Waals surface area (Å²) in [7, 11) is 0. The van der Waals surface area contributed by atoms with E-state index in [1.807, 2.05) is 55.6 Å². The minimum absolute atomic E-state index is 0.123. The number of anilines is 2. The zero-order chi connectivity index (χ0) is 15.0. The largest absolute Gasteiger partial charge is 0.397 e. The van der Waals surface area contributed by atoms with Crippen LogP contribution >= 0.6 is 11.3 Å². The van der Waals surface area contributed by atoms with Gasteiger partial charge in [-0.25, -0.2) is 0 Å². The Morgan fingerprint density at radius 3 is 2.67 bits per heavy atom. The number of nitrogens with one attached hydrogen (secondary N) is 1. The molecule has 3 nitrogen and oxygen atoms in total. The van der Waals surface area contributed by atoms with E-state index >= 15 is 0 Å². The third-order valence-electron chi connectivity index (χ3n) is 3.64. The molecule has 0 fully saturated rings. The van der Waals surface area contributed by atoms with Gasteiger partial charge in [0, 0.05) is 15.5 Å². The topological polar surface area (TPSA) is 55.1 Å². The molecular formula is C17H16N2OS. The van der Waals surface area contributed by atoms with E-state index in [9.17, 15) is 4.79 Å². The molecule has 3 aromatic rings. The van der Waals surface area contributed by atoms with Gasteiger partial charge in [0.15, 0.2) is 0 Å². The SMILES string of the molecule is Cc1cc(N)c(NC(=O)c2csc3ccccc23)cc1C. The maximum absolute atomic E-state index is 12.5. The number of rotatable bonds is 2. The lowest BCUT2D eigenvalue weighted by Gasteiger charge is -2.11. The molecule has 0 spiro atoms.